The fraction of sp³-hybridized carbons (Fsp3) is 0.182. The predicted octanol–water partition coefficient (Wildman–Crippen LogP) is 3.38. The Hall–Kier alpha value is -2.94. The molecule has 4 rings (SSSR count). The van der Waals surface area contributed by atoms with Crippen LogP contribution >= 0.6 is 11.6 Å². The summed E-state index contributed by atoms with van der Waals surface area (Å²) in [6, 6.07) is 14.3. The van der Waals surface area contributed by atoms with Crippen LogP contribution in [-0.2, 0) is 20.4 Å². The maximum Gasteiger partial charge on any atom is 0.288 e. The minimum atomic E-state index is -4.33. The summed E-state index contributed by atoms with van der Waals surface area (Å²) < 4.78 is 33.3. The Balaban J connectivity index is 1.97. The van der Waals surface area contributed by atoms with Crippen molar-refractivity contribution in [2.45, 2.75) is 24.4 Å². The molecule has 2 N–H and O–H groups in total. The van der Waals surface area contributed by atoms with Crippen LogP contribution in [0.1, 0.15) is 23.6 Å². The minimum Gasteiger partial charge on any atom is -0.493 e. The molecule has 160 valence electrons. The lowest BCUT2D eigenvalue weighted by Crippen LogP contribution is -2.50. The first kappa shape index (κ1) is 21.3. The second-order valence-corrected chi connectivity index (χ2v) is 9.32. The third-order valence-electron chi connectivity index (χ3n) is 5.12. The number of halogens is 1. The number of hydrogen-bond donors (Lipinski definition) is 1. The molecule has 9 heteroatoms. The van der Waals surface area contributed by atoms with E-state index in [2.05, 4.69) is 4.98 Å². The molecule has 3 aromatic rings. The number of para-hydroxylation sites is 1. The number of carbonyl (C=O) groups is 1. The fourth-order valence-corrected chi connectivity index (χ4v) is 5.22. The highest BCUT2D eigenvalue weighted by atomic mass is 35.5. The Kier molecular flexibility index (Phi) is 5.25. The van der Waals surface area contributed by atoms with Gasteiger partial charge in [-0.3, -0.25) is 4.79 Å². The van der Waals surface area contributed by atoms with Crippen LogP contribution in [0.5, 0.6) is 5.75 Å². The van der Waals surface area contributed by atoms with E-state index in [1.807, 2.05) is 0 Å². The van der Waals surface area contributed by atoms with E-state index in [4.69, 9.17) is 22.1 Å². The summed E-state index contributed by atoms with van der Waals surface area (Å²) >= 11 is 6.20. The summed E-state index contributed by atoms with van der Waals surface area (Å²) in [5.41, 5.74) is 6.43. The van der Waals surface area contributed by atoms with Crippen molar-refractivity contribution in [2.75, 3.05) is 10.9 Å². The number of anilines is 1. The second kappa shape index (κ2) is 7.64. The van der Waals surface area contributed by atoms with Crippen LogP contribution in [0.25, 0.3) is 0 Å². The molecular formula is C22H20ClN3O4S. The zero-order chi connectivity index (χ0) is 22.4. The smallest absolute Gasteiger partial charge is 0.288 e. The molecule has 0 radical (unpaired) electrons. The highest BCUT2D eigenvalue weighted by molar-refractivity contribution is 7.93. The molecule has 0 spiro atoms. The zero-order valence-corrected chi connectivity index (χ0v) is 18.4. The van der Waals surface area contributed by atoms with E-state index >= 15 is 0 Å². The van der Waals surface area contributed by atoms with E-state index in [0.29, 0.717) is 27.2 Å². The van der Waals surface area contributed by atoms with Gasteiger partial charge in [0.15, 0.2) is 10.6 Å². The molecule has 1 amide bonds. The van der Waals surface area contributed by atoms with Gasteiger partial charge in [-0.25, -0.2) is 4.98 Å². The van der Waals surface area contributed by atoms with E-state index in [-0.39, 0.29) is 16.3 Å². The van der Waals surface area contributed by atoms with Gasteiger partial charge in [0.25, 0.3) is 15.9 Å². The van der Waals surface area contributed by atoms with Crippen LogP contribution in [0.4, 0.5) is 5.69 Å². The molecule has 7 nitrogen and oxygen atoms in total. The number of sulfonamides is 1. The zero-order valence-electron chi connectivity index (χ0n) is 16.9. The van der Waals surface area contributed by atoms with Crippen LogP contribution in [-0.4, -0.2) is 25.9 Å². The Morgan fingerprint density at radius 3 is 2.55 bits per heavy atom. The molecule has 2 aromatic carbocycles. The number of aryl methyl sites for hydroxylation is 1. The molecule has 0 bridgehead atoms. The first-order valence-corrected chi connectivity index (χ1v) is 11.4. The van der Waals surface area contributed by atoms with E-state index < -0.39 is 21.5 Å². The number of hydrogen-bond acceptors (Lipinski definition) is 6. The molecule has 1 aromatic heterocycles. The maximum atomic E-state index is 13.7. The topological polar surface area (TPSA) is 103 Å². The number of rotatable bonds is 5. The molecule has 1 atom stereocenters. The average molecular weight is 458 g/mol. The molecule has 1 aliphatic rings. The van der Waals surface area contributed by atoms with Gasteiger partial charge in [-0.2, -0.15) is 12.7 Å². The number of carbonyl (C=O) groups excluding carboxylic acids is 1. The van der Waals surface area contributed by atoms with Crippen molar-refractivity contribution in [1.82, 2.24) is 4.98 Å². The van der Waals surface area contributed by atoms with Crippen molar-refractivity contribution in [3.63, 3.8) is 0 Å². The predicted molar refractivity (Wildman–Crippen MR) is 118 cm³/mol. The highest BCUT2D eigenvalue weighted by Crippen LogP contribution is 2.48. The van der Waals surface area contributed by atoms with Crippen molar-refractivity contribution in [2.24, 2.45) is 5.73 Å². The lowest BCUT2D eigenvalue weighted by Gasteiger charge is -2.26. The van der Waals surface area contributed by atoms with Gasteiger partial charge >= 0.3 is 0 Å². The van der Waals surface area contributed by atoms with Gasteiger partial charge in [-0.05, 0) is 49.7 Å². The average Bonchev–Trinajstić information content (AvgIpc) is 2.97. The van der Waals surface area contributed by atoms with Gasteiger partial charge in [-0.15, -0.1) is 0 Å². The third-order valence-corrected chi connectivity index (χ3v) is 6.97. The van der Waals surface area contributed by atoms with Crippen molar-refractivity contribution >= 4 is 33.2 Å². The van der Waals surface area contributed by atoms with Gasteiger partial charge in [0.05, 0.1) is 12.3 Å². The van der Waals surface area contributed by atoms with Gasteiger partial charge in [0.2, 0.25) is 0 Å². The monoisotopic (exact) mass is 457 g/mol. The molecule has 1 aliphatic heterocycles. The summed E-state index contributed by atoms with van der Waals surface area (Å²) in [5, 5.41) is 0.0673. The van der Waals surface area contributed by atoms with Crippen LogP contribution in [0.2, 0.25) is 5.02 Å². The van der Waals surface area contributed by atoms with Crippen LogP contribution in [0, 0.1) is 6.92 Å². The van der Waals surface area contributed by atoms with E-state index in [0.717, 1.165) is 5.56 Å². The van der Waals surface area contributed by atoms with Gasteiger partial charge in [0, 0.05) is 22.3 Å². The number of ether oxygens (including phenoxy) is 1. The molecule has 0 saturated carbocycles. The lowest BCUT2D eigenvalue weighted by atomic mass is 9.84. The number of benzene rings is 2. The number of aromatic nitrogens is 1. The largest absolute Gasteiger partial charge is 0.493 e. The molecule has 31 heavy (non-hydrogen) atoms. The Morgan fingerprint density at radius 2 is 1.87 bits per heavy atom. The number of fused-ring (bicyclic) bond motifs is 1. The quantitative estimate of drug-likeness (QED) is 0.630. The summed E-state index contributed by atoms with van der Waals surface area (Å²) in [6.45, 7) is 3.94. The Morgan fingerprint density at radius 1 is 1.13 bits per heavy atom. The van der Waals surface area contributed by atoms with Crippen molar-refractivity contribution in [1.29, 1.82) is 0 Å². The second-order valence-electron chi connectivity index (χ2n) is 7.15. The number of pyridine rings is 1. The van der Waals surface area contributed by atoms with Gasteiger partial charge < -0.3 is 10.5 Å². The fourth-order valence-electron chi connectivity index (χ4n) is 3.66. The van der Waals surface area contributed by atoms with Crippen molar-refractivity contribution in [3.8, 4) is 5.75 Å². The van der Waals surface area contributed by atoms with E-state index in [1.54, 1.807) is 44.2 Å². The maximum absolute atomic E-state index is 13.7. The van der Waals surface area contributed by atoms with Crippen LogP contribution in [0.15, 0.2) is 65.8 Å². The molecular weight excluding hydrogens is 438 g/mol. The number of amides is 1. The third kappa shape index (κ3) is 3.27. The lowest BCUT2D eigenvalue weighted by molar-refractivity contribution is -0.120. The van der Waals surface area contributed by atoms with Crippen LogP contribution in [0.3, 0.4) is 0 Å². The number of nitrogens with zero attached hydrogens (tertiary/aromatic N) is 2. The Labute approximate surface area is 185 Å². The summed E-state index contributed by atoms with van der Waals surface area (Å²) in [4.78, 5) is 17.7. The summed E-state index contributed by atoms with van der Waals surface area (Å²) in [5.74, 6) is -0.446. The summed E-state index contributed by atoms with van der Waals surface area (Å²) in [6.07, 6.45) is 1.43. The summed E-state index contributed by atoms with van der Waals surface area (Å²) in [7, 11) is -4.33. The molecule has 0 aliphatic carbocycles. The van der Waals surface area contributed by atoms with Crippen molar-refractivity contribution in [3.05, 3.63) is 82.5 Å². The minimum absolute atomic E-state index is 0.130. The first-order valence-electron chi connectivity index (χ1n) is 9.55. The van der Waals surface area contributed by atoms with Gasteiger partial charge in [-0.1, -0.05) is 35.9 Å². The standard InChI is InChI=1S/C22H20ClN3O4S/c1-3-30-19-7-5-4-6-16(19)22(24)17-12-15(23)9-10-18(17)26(21(22)27)31(28,29)20-11-8-14(2)13-25-20/h4-13H,3,24H2,1-2H3. The molecule has 0 saturated heterocycles. The molecule has 2 heterocycles. The Bertz CT molecular complexity index is 1280. The molecule has 0 fully saturated rings. The van der Waals surface area contributed by atoms with Gasteiger partial charge in [0.1, 0.15) is 5.75 Å². The normalized spacial score (nSPS) is 18.2. The highest BCUT2D eigenvalue weighted by Gasteiger charge is 2.55. The van der Waals surface area contributed by atoms with Crippen LogP contribution < -0.4 is 14.8 Å². The SMILES string of the molecule is CCOc1ccccc1C1(N)C(=O)N(S(=O)(=O)c2ccc(C)cn2)c2ccc(Cl)cc21. The van der Waals surface area contributed by atoms with E-state index in [1.165, 1.54) is 30.5 Å². The van der Waals surface area contributed by atoms with Crippen molar-refractivity contribution < 1.29 is 17.9 Å². The first-order chi connectivity index (χ1) is 14.7. The van der Waals surface area contributed by atoms with E-state index in [9.17, 15) is 13.2 Å². The molecule has 1 unspecified atom stereocenters. The number of nitrogens with two attached hydrogens (primary N) is 1.